The minimum Gasteiger partial charge on any atom is -0.445 e. The molecular weight excluding hydrogens is 651 g/mol. The molecular formula is C34H45Cl3N2O5Si. The number of para-hydroxylation sites is 1. The maximum atomic E-state index is 13.7. The van der Waals surface area contributed by atoms with Gasteiger partial charge in [0.25, 0.3) is 0 Å². The van der Waals surface area contributed by atoms with E-state index >= 15 is 0 Å². The molecule has 0 fully saturated rings. The van der Waals surface area contributed by atoms with Crippen LogP contribution in [0.3, 0.4) is 0 Å². The summed E-state index contributed by atoms with van der Waals surface area (Å²) < 4.78 is 17.5. The molecule has 7 nitrogen and oxygen atoms in total. The van der Waals surface area contributed by atoms with Gasteiger partial charge in [0.05, 0.1) is 17.8 Å². The predicted molar refractivity (Wildman–Crippen MR) is 188 cm³/mol. The number of carbonyl (C=O) groups is 2. The normalized spacial score (nSPS) is 13.0. The average molecular weight is 696 g/mol. The second-order valence-corrected chi connectivity index (χ2v) is 20.8. The zero-order chi connectivity index (χ0) is 33.6. The van der Waals surface area contributed by atoms with Crippen LogP contribution >= 0.6 is 34.8 Å². The van der Waals surface area contributed by atoms with Crippen molar-refractivity contribution in [3.05, 3.63) is 77.5 Å². The first-order chi connectivity index (χ1) is 20.8. The first kappa shape index (κ1) is 37.0. The molecule has 1 aromatic heterocycles. The molecule has 2 aromatic carbocycles. The molecule has 0 unspecified atom stereocenters. The van der Waals surface area contributed by atoms with Crippen LogP contribution in [0.1, 0.15) is 58.4 Å². The van der Waals surface area contributed by atoms with Gasteiger partial charge in [-0.1, -0.05) is 110 Å². The molecule has 0 saturated carbocycles. The maximum Gasteiger partial charge on any atom is 0.419 e. The lowest BCUT2D eigenvalue weighted by atomic mass is 10.1. The van der Waals surface area contributed by atoms with Crippen molar-refractivity contribution < 1.29 is 23.5 Å². The molecule has 0 aliphatic carbocycles. The summed E-state index contributed by atoms with van der Waals surface area (Å²) in [6.07, 6.45) is 3.17. The zero-order valence-corrected chi connectivity index (χ0v) is 30.7. The number of halogens is 3. The summed E-state index contributed by atoms with van der Waals surface area (Å²) in [5, 5.41) is 0.937. The third kappa shape index (κ3) is 10.8. The number of hydrogen-bond donors (Lipinski definition) is 0. The molecule has 0 saturated heterocycles. The second-order valence-electron chi connectivity index (χ2n) is 13.5. The smallest absolute Gasteiger partial charge is 0.419 e. The van der Waals surface area contributed by atoms with Crippen molar-refractivity contribution in [2.45, 2.75) is 82.0 Å². The highest BCUT2D eigenvalue weighted by molar-refractivity contribution is 6.74. The molecule has 246 valence electrons. The van der Waals surface area contributed by atoms with Crippen LogP contribution in [0.25, 0.3) is 17.0 Å². The fraction of sp³-hybridized carbons (Fsp3) is 0.471. The van der Waals surface area contributed by atoms with Gasteiger partial charge in [-0.25, -0.2) is 14.2 Å². The molecule has 1 heterocycles. The summed E-state index contributed by atoms with van der Waals surface area (Å²) in [5.74, 6) is 0. The SMILES string of the molecule is CC(C)(C)OC(=O)n1c(/C=C/CO[Si](C)(C)C(C)(C)C)c(CCN(Cc2ccccc2)C(=O)OCC(Cl)(Cl)Cl)c2ccccc21. The Hall–Kier alpha value is -2.49. The quantitative estimate of drug-likeness (QED) is 0.156. The minimum atomic E-state index is -1.99. The number of alkyl halides is 3. The van der Waals surface area contributed by atoms with Gasteiger partial charge in [0.15, 0.2) is 8.32 Å². The second kappa shape index (κ2) is 14.9. The van der Waals surface area contributed by atoms with Crippen LogP contribution in [0.4, 0.5) is 9.59 Å². The summed E-state index contributed by atoms with van der Waals surface area (Å²) in [4.78, 5) is 28.5. The highest BCUT2D eigenvalue weighted by Gasteiger charge is 2.36. The van der Waals surface area contributed by atoms with Gasteiger partial charge in [0.2, 0.25) is 3.79 Å². The zero-order valence-electron chi connectivity index (χ0n) is 27.5. The van der Waals surface area contributed by atoms with Crippen LogP contribution < -0.4 is 0 Å². The Kier molecular flexibility index (Phi) is 12.3. The Bertz CT molecular complexity index is 1490. The van der Waals surface area contributed by atoms with E-state index in [0.717, 1.165) is 16.5 Å². The van der Waals surface area contributed by atoms with E-state index in [1.54, 1.807) is 9.47 Å². The highest BCUT2D eigenvalue weighted by Crippen LogP contribution is 2.36. The molecule has 0 aliphatic heterocycles. The maximum absolute atomic E-state index is 13.7. The largest absolute Gasteiger partial charge is 0.445 e. The van der Waals surface area contributed by atoms with E-state index in [9.17, 15) is 9.59 Å². The molecule has 1 amide bonds. The Morgan fingerprint density at radius 1 is 0.933 bits per heavy atom. The van der Waals surface area contributed by atoms with Crippen LogP contribution in [0.2, 0.25) is 18.1 Å². The molecule has 3 aromatic rings. The number of ether oxygens (including phenoxy) is 2. The first-order valence-corrected chi connectivity index (χ1v) is 19.0. The molecule has 0 radical (unpaired) electrons. The van der Waals surface area contributed by atoms with Gasteiger partial charge in [-0.2, -0.15) is 0 Å². The summed E-state index contributed by atoms with van der Waals surface area (Å²) in [6.45, 7) is 17.1. The number of rotatable bonds is 10. The third-order valence-corrected chi connectivity index (χ3v) is 12.5. The molecule has 0 aliphatic rings. The number of hydrogen-bond acceptors (Lipinski definition) is 5. The van der Waals surface area contributed by atoms with E-state index < -0.39 is 29.9 Å². The molecule has 0 N–H and O–H groups in total. The first-order valence-electron chi connectivity index (χ1n) is 15.0. The van der Waals surface area contributed by atoms with Gasteiger partial charge in [0, 0.05) is 18.5 Å². The van der Waals surface area contributed by atoms with Crippen LogP contribution in [-0.4, -0.2) is 59.1 Å². The number of nitrogens with zero attached hydrogens (tertiary/aromatic N) is 2. The monoisotopic (exact) mass is 694 g/mol. The summed E-state index contributed by atoms with van der Waals surface area (Å²) >= 11 is 17.6. The van der Waals surface area contributed by atoms with Crippen LogP contribution in [0, 0.1) is 0 Å². The van der Waals surface area contributed by atoms with Crippen LogP contribution in [0.5, 0.6) is 0 Å². The number of fused-ring (bicyclic) bond motifs is 1. The minimum absolute atomic E-state index is 0.0598. The van der Waals surface area contributed by atoms with Crippen LogP contribution in [0.15, 0.2) is 60.7 Å². The molecule has 45 heavy (non-hydrogen) atoms. The number of aromatic nitrogens is 1. The van der Waals surface area contributed by atoms with Crippen molar-refractivity contribution >= 4 is 72.3 Å². The third-order valence-electron chi connectivity index (χ3n) is 7.68. The van der Waals surface area contributed by atoms with Crippen molar-refractivity contribution in [2.75, 3.05) is 19.8 Å². The molecule has 11 heteroatoms. The van der Waals surface area contributed by atoms with Gasteiger partial charge in [-0.05, 0) is 68.6 Å². The molecule has 3 rings (SSSR count). The van der Waals surface area contributed by atoms with E-state index in [-0.39, 0.29) is 24.7 Å². The lowest BCUT2D eigenvalue weighted by Gasteiger charge is -2.35. The Morgan fingerprint density at radius 3 is 2.16 bits per heavy atom. The van der Waals surface area contributed by atoms with Crippen molar-refractivity contribution in [1.82, 2.24) is 9.47 Å². The standard InChI is InChI=1S/C34H45Cl3N2O5Si/c1-32(2,3)44-31(41)39-28-18-13-12-17-26(28)27(29(39)19-14-22-43-45(7,8)33(4,5)6)20-21-38(23-25-15-10-9-11-16-25)30(40)42-24-34(35,36)37/h9-19H,20-24H2,1-8H3/b19-14+. The Labute approximate surface area is 283 Å². The number of benzene rings is 2. The topological polar surface area (TPSA) is 70.0 Å². The number of carbonyl (C=O) groups excluding carboxylic acids is 2. The Morgan fingerprint density at radius 2 is 1.56 bits per heavy atom. The highest BCUT2D eigenvalue weighted by atomic mass is 35.6. The molecule has 0 atom stereocenters. The van der Waals surface area contributed by atoms with Crippen molar-refractivity contribution in [3.63, 3.8) is 0 Å². The number of amides is 1. The summed E-state index contributed by atoms with van der Waals surface area (Å²) in [5.41, 5.74) is 2.47. The predicted octanol–water partition coefficient (Wildman–Crippen LogP) is 10.0. The summed E-state index contributed by atoms with van der Waals surface area (Å²) in [6, 6.07) is 17.3. The van der Waals surface area contributed by atoms with Crippen molar-refractivity contribution in [2.24, 2.45) is 0 Å². The van der Waals surface area contributed by atoms with E-state index in [4.69, 9.17) is 48.7 Å². The van der Waals surface area contributed by atoms with Gasteiger partial charge in [0.1, 0.15) is 12.2 Å². The van der Waals surface area contributed by atoms with Gasteiger partial charge < -0.3 is 18.8 Å². The van der Waals surface area contributed by atoms with E-state index in [2.05, 4.69) is 33.9 Å². The lowest BCUT2D eigenvalue weighted by Crippen LogP contribution is -2.40. The fourth-order valence-corrected chi connectivity index (χ4v) is 5.53. The van der Waals surface area contributed by atoms with E-state index in [1.165, 1.54) is 0 Å². The lowest BCUT2D eigenvalue weighted by molar-refractivity contribution is 0.0543. The van der Waals surface area contributed by atoms with Gasteiger partial charge in [-0.15, -0.1) is 0 Å². The van der Waals surface area contributed by atoms with E-state index in [0.29, 0.717) is 24.2 Å². The molecule has 0 bridgehead atoms. The van der Waals surface area contributed by atoms with Gasteiger partial charge in [-0.3, -0.25) is 0 Å². The molecule has 0 spiro atoms. The Balaban J connectivity index is 2.04. The van der Waals surface area contributed by atoms with Crippen molar-refractivity contribution in [3.8, 4) is 0 Å². The average Bonchev–Trinajstić information content (AvgIpc) is 3.24. The van der Waals surface area contributed by atoms with Crippen molar-refractivity contribution in [1.29, 1.82) is 0 Å². The fourth-order valence-electron chi connectivity index (χ4n) is 4.42. The van der Waals surface area contributed by atoms with Gasteiger partial charge >= 0.3 is 12.2 Å². The van der Waals surface area contributed by atoms with Crippen LogP contribution in [-0.2, 0) is 26.9 Å². The summed E-state index contributed by atoms with van der Waals surface area (Å²) in [7, 11) is -1.99. The van der Waals surface area contributed by atoms with E-state index in [1.807, 2.05) is 87.5 Å².